The van der Waals surface area contributed by atoms with E-state index in [-0.39, 0.29) is 11.5 Å². The molecule has 8 heteroatoms. The monoisotopic (exact) mass is 462 g/mol. The van der Waals surface area contributed by atoms with Crippen LogP contribution in [0.2, 0.25) is 0 Å². The fraction of sp³-hybridized carbons (Fsp3) is 0.167. The molecule has 1 fully saturated rings. The van der Waals surface area contributed by atoms with E-state index in [9.17, 15) is 9.59 Å². The number of carbonyl (C=O) groups is 1. The van der Waals surface area contributed by atoms with E-state index >= 15 is 0 Å². The number of rotatable bonds is 6. The Morgan fingerprint density at radius 3 is 2.66 bits per heavy atom. The maximum Gasteiger partial charge on any atom is 0.267 e. The summed E-state index contributed by atoms with van der Waals surface area (Å²) in [5.74, 6) is 0.192. The molecule has 3 aromatic rings. The lowest BCUT2D eigenvalue weighted by atomic mass is 10.1. The number of amides is 1. The highest BCUT2D eigenvalue weighted by atomic mass is 32.2. The maximum absolute atomic E-state index is 13.3. The van der Waals surface area contributed by atoms with E-state index in [0.29, 0.717) is 39.3 Å². The van der Waals surface area contributed by atoms with Crippen molar-refractivity contribution in [1.29, 1.82) is 0 Å². The summed E-state index contributed by atoms with van der Waals surface area (Å²) in [6.07, 6.45) is 4.95. The molecular formula is C24H22N4O2S2. The van der Waals surface area contributed by atoms with E-state index in [1.807, 2.05) is 44.2 Å². The first-order valence-electron chi connectivity index (χ1n) is 10.1. The van der Waals surface area contributed by atoms with Crippen LogP contribution in [-0.4, -0.2) is 31.1 Å². The highest BCUT2D eigenvalue weighted by molar-refractivity contribution is 8.26. The molecule has 1 aromatic carbocycles. The van der Waals surface area contributed by atoms with E-state index in [0.717, 1.165) is 16.7 Å². The van der Waals surface area contributed by atoms with Crippen molar-refractivity contribution in [2.75, 3.05) is 11.9 Å². The van der Waals surface area contributed by atoms with Gasteiger partial charge in [-0.1, -0.05) is 66.0 Å². The largest absolute Gasteiger partial charge is 0.366 e. The van der Waals surface area contributed by atoms with E-state index in [1.165, 1.54) is 16.2 Å². The molecule has 0 spiro atoms. The van der Waals surface area contributed by atoms with E-state index in [2.05, 4.69) is 16.9 Å². The Morgan fingerprint density at radius 1 is 1.19 bits per heavy atom. The van der Waals surface area contributed by atoms with Gasteiger partial charge in [0.25, 0.3) is 11.5 Å². The lowest BCUT2D eigenvalue weighted by Gasteiger charge is -2.14. The number of hydrogen-bond donors (Lipinski definition) is 1. The Bertz CT molecular complexity index is 1330. The van der Waals surface area contributed by atoms with Gasteiger partial charge in [0, 0.05) is 12.7 Å². The number of aryl methyl sites for hydroxylation is 2. The molecule has 32 heavy (non-hydrogen) atoms. The lowest BCUT2D eigenvalue weighted by molar-refractivity contribution is -0.122. The van der Waals surface area contributed by atoms with Crippen LogP contribution in [0.3, 0.4) is 0 Å². The second-order valence-electron chi connectivity index (χ2n) is 7.49. The van der Waals surface area contributed by atoms with Crippen molar-refractivity contribution in [1.82, 2.24) is 14.3 Å². The van der Waals surface area contributed by atoms with Gasteiger partial charge in [-0.25, -0.2) is 4.98 Å². The summed E-state index contributed by atoms with van der Waals surface area (Å²) < 4.78 is 1.96. The number of carbonyl (C=O) groups excluding carboxylic acids is 1. The second kappa shape index (κ2) is 9.10. The van der Waals surface area contributed by atoms with Gasteiger partial charge in [-0.3, -0.25) is 18.9 Å². The molecule has 162 valence electrons. The minimum Gasteiger partial charge on any atom is -0.366 e. The quantitative estimate of drug-likeness (QED) is 0.335. The number of nitrogens with one attached hydrogen (secondary N) is 1. The van der Waals surface area contributed by atoms with Crippen LogP contribution in [0.1, 0.15) is 22.3 Å². The normalized spacial score (nSPS) is 15.1. The van der Waals surface area contributed by atoms with Gasteiger partial charge in [0.15, 0.2) is 0 Å². The molecule has 2 aromatic heterocycles. The lowest BCUT2D eigenvalue weighted by Crippen LogP contribution is -2.27. The number of pyridine rings is 1. The molecule has 4 rings (SSSR count). The van der Waals surface area contributed by atoms with E-state index in [4.69, 9.17) is 12.2 Å². The van der Waals surface area contributed by atoms with Crippen molar-refractivity contribution < 1.29 is 4.79 Å². The number of aromatic nitrogens is 2. The fourth-order valence-electron chi connectivity index (χ4n) is 3.39. The number of thioether (sulfide) groups is 1. The summed E-state index contributed by atoms with van der Waals surface area (Å²) in [6, 6.07) is 11.7. The molecule has 1 aliphatic rings. The molecule has 3 heterocycles. The Morgan fingerprint density at radius 2 is 1.94 bits per heavy atom. The number of nitrogens with zero attached hydrogens (tertiary/aromatic N) is 3. The van der Waals surface area contributed by atoms with Gasteiger partial charge < -0.3 is 5.32 Å². The summed E-state index contributed by atoms with van der Waals surface area (Å²) in [5.41, 5.74) is 3.64. The number of thiocarbonyl (C=S) groups is 1. The summed E-state index contributed by atoms with van der Waals surface area (Å²) in [5, 5.41) is 3.13. The van der Waals surface area contributed by atoms with Gasteiger partial charge in [-0.2, -0.15) is 0 Å². The van der Waals surface area contributed by atoms with Gasteiger partial charge >= 0.3 is 0 Å². The highest BCUT2D eigenvalue weighted by Gasteiger charge is 2.32. The molecule has 1 aliphatic heterocycles. The standard InChI is InChI=1S/C24H22N4O2S2/c1-4-11-25-20-18(22(29)27-12-5-6-16(3)21(27)26-20)13-19-23(30)28(24(31)32-19)14-17-9-7-15(2)8-10-17/h4-10,12-13,25H,1,11,14H2,2-3H3/b19-13-. The van der Waals surface area contributed by atoms with Crippen molar-refractivity contribution in [2.45, 2.75) is 20.4 Å². The van der Waals surface area contributed by atoms with Crippen LogP contribution in [0.5, 0.6) is 0 Å². The Balaban J connectivity index is 1.74. The maximum atomic E-state index is 13.3. The van der Waals surface area contributed by atoms with Crippen LogP contribution in [-0.2, 0) is 11.3 Å². The molecule has 0 atom stereocenters. The average molecular weight is 463 g/mol. The van der Waals surface area contributed by atoms with Crippen LogP contribution in [0.15, 0.2) is 64.9 Å². The zero-order valence-electron chi connectivity index (χ0n) is 17.8. The summed E-state index contributed by atoms with van der Waals surface area (Å²) in [6.45, 7) is 8.45. The van der Waals surface area contributed by atoms with E-state index < -0.39 is 0 Å². The first-order valence-corrected chi connectivity index (χ1v) is 11.3. The zero-order chi connectivity index (χ0) is 22.8. The molecular weight excluding hydrogens is 440 g/mol. The molecule has 1 saturated heterocycles. The predicted molar refractivity (Wildman–Crippen MR) is 135 cm³/mol. The number of anilines is 1. The van der Waals surface area contributed by atoms with Crippen molar-refractivity contribution in [3.63, 3.8) is 0 Å². The molecule has 0 radical (unpaired) electrons. The summed E-state index contributed by atoms with van der Waals surface area (Å²) in [4.78, 5) is 33.0. The Labute approximate surface area is 195 Å². The minimum absolute atomic E-state index is 0.219. The number of fused-ring (bicyclic) bond motifs is 1. The fourth-order valence-corrected chi connectivity index (χ4v) is 4.63. The van der Waals surface area contributed by atoms with Crippen LogP contribution >= 0.6 is 24.0 Å². The van der Waals surface area contributed by atoms with E-state index in [1.54, 1.807) is 29.3 Å². The molecule has 0 unspecified atom stereocenters. The van der Waals surface area contributed by atoms with Crippen molar-refractivity contribution in [3.8, 4) is 0 Å². The van der Waals surface area contributed by atoms with Crippen molar-refractivity contribution in [2.24, 2.45) is 0 Å². The molecule has 0 saturated carbocycles. The van der Waals surface area contributed by atoms with Gasteiger partial charge in [0.1, 0.15) is 15.8 Å². The highest BCUT2D eigenvalue weighted by Crippen LogP contribution is 2.34. The topological polar surface area (TPSA) is 66.7 Å². The number of hydrogen-bond acceptors (Lipinski definition) is 6. The first kappa shape index (κ1) is 22.0. The van der Waals surface area contributed by atoms with Crippen LogP contribution < -0.4 is 10.9 Å². The minimum atomic E-state index is -0.255. The molecule has 1 amide bonds. The second-order valence-corrected chi connectivity index (χ2v) is 9.16. The third-order valence-electron chi connectivity index (χ3n) is 5.11. The third kappa shape index (κ3) is 4.24. The molecule has 6 nitrogen and oxygen atoms in total. The molecule has 0 bridgehead atoms. The summed E-state index contributed by atoms with van der Waals surface area (Å²) >= 11 is 6.66. The van der Waals surface area contributed by atoms with Gasteiger partial charge in [-0.05, 0) is 37.1 Å². The van der Waals surface area contributed by atoms with Crippen LogP contribution in [0.25, 0.3) is 11.7 Å². The first-order chi connectivity index (χ1) is 15.4. The van der Waals surface area contributed by atoms with Crippen LogP contribution in [0.4, 0.5) is 5.82 Å². The smallest absolute Gasteiger partial charge is 0.267 e. The van der Waals surface area contributed by atoms with Gasteiger partial charge in [0.2, 0.25) is 0 Å². The van der Waals surface area contributed by atoms with Crippen molar-refractivity contribution >= 4 is 51.7 Å². The van der Waals surface area contributed by atoms with Crippen molar-refractivity contribution in [3.05, 3.63) is 92.8 Å². The Hall–Kier alpha value is -3.23. The molecule has 1 N–H and O–H groups in total. The SMILES string of the molecule is C=CCNc1nc2c(C)cccn2c(=O)c1/C=C1\SC(=S)N(Cc2ccc(C)cc2)C1=O. The Kier molecular flexibility index (Phi) is 6.25. The zero-order valence-corrected chi connectivity index (χ0v) is 19.4. The third-order valence-corrected chi connectivity index (χ3v) is 6.49. The van der Waals surface area contributed by atoms with Gasteiger partial charge in [0.05, 0.1) is 17.0 Å². The van der Waals surface area contributed by atoms with Crippen LogP contribution in [0, 0.1) is 13.8 Å². The van der Waals surface area contributed by atoms with Gasteiger partial charge in [-0.15, -0.1) is 6.58 Å². The number of benzene rings is 1. The predicted octanol–water partition coefficient (Wildman–Crippen LogP) is 4.31. The molecule has 0 aliphatic carbocycles. The summed E-state index contributed by atoms with van der Waals surface area (Å²) in [7, 11) is 0. The average Bonchev–Trinajstić information content (AvgIpc) is 3.04.